The Labute approximate surface area is 118 Å². The molecule has 1 fully saturated rings. The number of aliphatic hydroxyl groups excluding tert-OH is 1. The summed E-state index contributed by atoms with van der Waals surface area (Å²) in [6.07, 6.45) is 1.82. The first-order valence-corrected chi connectivity index (χ1v) is 6.86. The van der Waals surface area contributed by atoms with E-state index in [0.717, 1.165) is 48.8 Å². The lowest BCUT2D eigenvalue weighted by atomic mass is 10.0. The summed E-state index contributed by atoms with van der Waals surface area (Å²) in [5, 5.41) is 9.28. The zero-order valence-corrected chi connectivity index (χ0v) is 11.3. The fourth-order valence-corrected chi connectivity index (χ4v) is 2.49. The number of rotatable bonds is 3. The van der Waals surface area contributed by atoms with Crippen LogP contribution in [-0.4, -0.2) is 36.4 Å². The Kier molecular flexibility index (Phi) is 3.95. The molecule has 1 N–H and O–H groups in total. The number of benzene rings is 1. The normalized spacial score (nSPS) is 15.3. The molecule has 3 rings (SSSR count). The first-order chi connectivity index (χ1) is 9.88. The van der Waals surface area contributed by atoms with Crippen molar-refractivity contribution in [2.24, 2.45) is 0 Å². The van der Waals surface area contributed by atoms with E-state index in [4.69, 9.17) is 4.74 Å². The predicted octanol–water partition coefficient (Wildman–Crippen LogP) is 2.08. The smallest absolute Gasteiger partial charge is 0.136 e. The highest BCUT2D eigenvalue weighted by atomic mass is 16.5. The summed E-state index contributed by atoms with van der Waals surface area (Å²) >= 11 is 0. The van der Waals surface area contributed by atoms with E-state index in [1.54, 1.807) is 0 Å². The van der Waals surface area contributed by atoms with Crippen LogP contribution in [0.1, 0.15) is 5.56 Å². The predicted molar refractivity (Wildman–Crippen MR) is 78.6 cm³/mol. The Morgan fingerprint density at radius 1 is 1.15 bits per heavy atom. The van der Waals surface area contributed by atoms with Crippen molar-refractivity contribution in [1.82, 2.24) is 4.98 Å². The fraction of sp³-hybridized carbons (Fsp3) is 0.312. The first-order valence-electron chi connectivity index (χ1n) is 6.86. The van der Waals surface area contributed by atoms with Gasteiger partial charge in [-0.15, -0.1) is 0 Å². The molecule has 4 heteroatoms. The van der Waals surface area contributed by atoms with Crippen LogP contribution < -0.4 is 4.90 Å². The maximum Gasteiger partial charge on any atom is 0.136 e. The molecule has 2 heterocycles. The van der Waals surface area contributed by atoms with Crippen LogP contribution in [-0.2, 0) is 11.3 Å². The third kappa shape index (κ3) is 2.66. The number of morpholine rings is 1. The van der Waals surface area contributed by atoms with Gasteiger partial charge in [0, 0.05) is 24.8 Å². The molecule has 1 aliphatic rings. The molecule has 1 saturated heterocycles. The van der Waals surface area contributed by atoms with Crippen LogP contribution in [0.3, 0.4) is 0 Å². The van der Waals surface area contributed by atoms with Gasteiger partial charge in [-0.2, -0.15) is 0 Å². The topological polar surface area (TPSA) is 45.6 Å². The summed E-state index contributed by atoms with van der Waals surface area (Å²) in [6.45, 7) is 3.27. The van der Waals surface area contributed by atoms with Crippen molar-refractivity contribution in [3.05, 3.63) is 48.2 Å². The maximum absolute atomic E-state index is 9.28. The lowest BCUT2D eigenvalue weighted by molar-refractivity contribution is 0.122. The molecule has 4 nitrogen and oxygen atoms in total. The van der Waals surface area contributed by atoms with Crippen molar-refractivity contribution in [1.29, 1.82) is 0 Å². The number of aromatic nitrogens is 1. The second-order valence-corrected chi connectivity index (χ2v) is 4.83. The van der Waals surface area contributed by atoms with Crippen molar-refractivity contribution in [3.63, 3.8) is 0 Å². The number of pyridine rings is 1. The molecule has 0 bridgehead atoms. The van der Waals surface area contributed by atoms with Crippen molar-refractivity contribution in [2.75, 3.05) is 31.2 Å². The van der Waals surface area contributed by atoms with Gasteiger partial charge >= 0.3 is 0 Å². The number of aliphatic hydroxyl groups is 1. The van der Waals surface area contributed by atoms with Crippen LogP contribution in [0.25, 0.3) is 11.1 Å². The van der Waals surface area contributed by atoms with Gasteiger partial charge in [0.25, 0.3) is 0 Å². The van der Waals surface area contributed by atoms with E-state index in [2.05, 4.69) is 22.0 Å². The molecule has 1 aliphatic heterocycles. The van der Waals surface area contributed by atoms with Crippen LogP contribution >= 0.6 is 0 Å². The number of ether oxygens (including phenoxy) is 1. The molecular weight excluding hydrogens is 252 g/mol. The molecule has 0 radical (unpaired) electrons. The van der Waals surface area contributed by atoms with Crippen LogP contribution in [0.15, 0.2) is 42.6 Å². The van der Waals surface area contributed by atoms with Gasteiger partial charge in [-0.3, -0.25) is 0 Å². The van der Waals surface area contributed by atoms with E-state index in [0.29, 0.717) is 0 Å². The van der Waals surface area contributed by atoms with E-state index in [9.17, 15) is 5.11 Å². The van der Waals surface area contributed by atoms with E-state index in [-0.39, 0.29) is 6.61 Å². The van der Waals surface area contributed by atoms with Crippen molar-refractivity contribution < 1.29 is 9.84 Å². The van der Waals surface area contributed by atoms with E-state index in [1.807, 2.05) is 30.5 Å². The summed E-state index contributed by atoms with van der Waals surface area (Å²) < 4.78 is 5.40. The van der Waals surface area contributed by atoms with Gasteiger partial charge in [0.15, 0.2) is 0 Å². The highest BCUT2D eigenvalue weighted by Crippen LogP contribution is 2.29. The van der Waals surface area contributed by atoms with E-state index < -0.39 is 0 Å². The summed E-state index contributed by atoms with van der Waals surface area (Å²) in [6, 6.07) is 12.0. The Morgan fingerprint density at radius 2 is 2.00 bits per heavy atom. The molecule has 0 saturated carbocycles. The van der Waals surface area contributed by atoms with E-state index >= 15 is 0 Å². The third-order valence-electron chi connectivity index (χ3n) is 3.52. The average molecular weight is 270 g/mol. The fourth-order valence-electron chi connectivity index (χ4n) is 2.49. The second kappa shape index (κ2) is 6.03. The minimum atomic E-state index is 0.0565. The van der Waals surface area contributed by atoms with Gasteiger partial charge in [0.2, 0.25) is 0 Å². The lowest BCUT2D eigenvalue weighted by Gasteiger charge is -2.29. The van der Waals surface area contributed by atoms with Gasteiger partial charge in [0.05, 0.1) is 19.8 Å². The monoisotopic (exact) mass is 270 g/mol. The second-order valence-electron chi connectivity index (χ2n) is 4.83. The highest BCUT2D eigenvalue weighted by molar-refractivity contribution is 5.76. The molecule has 2 aromatic rings. The average Bonchev–Trinajstić information content (AvgIpc) is 2.56. The van der Waals surface area contributed by atoms with Gasteiger partial charge in [0.1, 0.15) is 5.82 Å². The summed E-state index contributed by atoms with van der Waals surface area (Å²) in [4.78, 5) is 6.80. The highest BCUT2D eigenvalue weighted by Gasteiger charge is 2.16. The molecule has 20 heavy (non-hydrogen) atoms. The van der Waals surface area contributed by atoms with Crippen LogP contribution in [0.2, 0.25) is 0 Å². The Bertz CT molecular complexity index is 580. The number of anilines is 1. The largest absolute Gasteiger partial charge is 0.392 e. The molecule has 104 valence electrons. The summed E-state index contributed by atoms with van der Waals surface area (Å²) in [5.74, 6) is 0.992. The van der Waals surface area contributed by atoms with Crippen molar-refractivity contribution in [2.45, 2.75) is 6.61 Å². The molecule has 0 aliphatic carbocycles. The molecule has 0 amide bonds. The zero-order chi connectivity index (χ0) is 13.8. The van der Waals surface area contributed by atoms with Crippen molar-refractivity contribution >= 4 is 5.82 Å². The van der Waals surface area contributed by atoms with Gasteiger partial charge < -0.3 is 14.7 Å². The Morgan fingerprint density at radius 3 is 2.80 bits per heavy atom. The number of nitrogens with zero attached hydrogens (tertiary/aromatic N) is 2. The standard InChI is InChI=1S/C16H18N2O2/c19-12-13-3-1-4-14(11-13)15-5-2-6-17-16(15)18-7-9-20-10-8-18/h1-6,11,19H,7-10,12H2. The first kappa shape index (κ1) is 13.1. The molecular formula is C16H18N2O2. The molecule has 0 atom stereocenters. The molecule has 0 spiro atoms. The Balaban J connectivity index is 1.99. The Hall–Kier alpha value is -1.91. The van der Waals surface area contributed by atoms with Crippen LogP contribution in [0.4, 0.5) is 5.82 Å². The molecule has 0 unspecified atom stereocenters. The lowest BCUT2D eigenvalue weighted by Crippen LogP contribution is -2.37. The van der Waals surface area contributed by atoms with Crippen LogP contribution in [0, 0.1) is 0 Å². The number of hydrogen-bond donors (Lipinski definition) is 1. The third-order valence-corrected chi connectivity index (χ3v) is 3.52. The summed E-state index contributed by atoms with van der Waals surface area (Å²) in [5.41, 5.74) is 3.11. The van der Waals surface area contributed by atoms with Crippen LogP contribution in [0.5, 0.6) is 0 Å². The van der Waals surface area contributed by atoms with Gasteiger partial charge in [-0.1, -0.05) is 18.2 Å². The van der Waals surface area contributed by atoms with Crippen molar-refractivity contribution in [3.8, 4) is 11.1 Å². The molecule has 1 aromatic carbocycles. The van der Waals surface area contributed by atoms with E-state index in [1.165, 1.54) is 0 Å². The molecule has 1 aromatic heterocycles. The minimum Gasteiger partial charge on any atom is -0.392 e. The summed E-state index contributed by atoms with van der Waals surface area (Å²) in [7, 11) is 0. The zero-order valence-electron chi connectivity index (χ0n) is 11.3. The maximum atomic E-state index is 9.28. The van der Waals surface area contributed by atoms with Gasteiger partial charge in [-0.25, -0.2) is 4.98 Å². The SMILES string of the molecule is OCc1cccc(-c2cccnc2N2CCOCC2)c1. The number of hydrogen-bond acceptors (Lipinski definition) is 4. The minimum absolute atomic E-state index is 0.0565. The van der Waals surface area contributed by atoms with Gasteiger partial charge in [-0.05, 0) is 29.3 Å². The quantitative estimate of drug-likeness (QED) is 0.927.